The van der Waals surface area contributed by atoms with Crippen LogP contribution >= 0.6 is 11.3 Å². The zero-order chi connectivity index (χ0) is 18.9. The zero-order valence-electron chi connectivity index (χ0n) is 15.0. The Morgan fingerprint density at radius 3 is 2.35 bits per heavy atom. The highest BCUT2D eigenvalue weighted by atomic mass is 32.2. The molecule has 0 radical (unpaired) electrons. The van der Waals surface area contributed by atoms with E-state index in [1.165, 1.54) is 0 Å². The molecule has 1 heterocycles. The molecule has 0 aliphatic heterocycles. The summed E-state index contributed by atoms with van der Waals surface area (Å²) in [6.07, 6.45) is 0.313. The van der Waals surface area contributed by atoms with Gasteiger partial charge in [0.15, 0.2) is 15.6 Å². The van der Waals surface area contributed by atoms with Crippen LogP contribution in [0.5, 0.6) is 0 Å². The van der Waals surface area contributed by atoms with Gasteiger partial charge in [0, 0.05) is 12.0 Å². The molecule has 2 aromatic carbocycles. The number of fused-ring (bicyclic) bond motifs is 1. The Labute approximate surface area is 157 Å². The second-order valence-corrected chi connectivity index (χ2v) is 11.0. The van der Waals surface area contributed by atoms with Gasteiger partial charge in [0.25, 0.3) is 0 Å². The monoisotopic (exact) mass is 387 g/mol. The van der Waals surface area contributed by atoms with Crippen molar-refractivity contribution in [2.75, 3.05) is 0 Å². The van der Waals surface area contributed by atoms with Gasteiger partial charge in [-0.1, -0.05) is 30.3 Å². The van der Waals surface area contributed by atoms with Crippen molar-refractivity contribution in [3.8, 4) is 0 Å². The Morgan fingerprint density at radius 2 is 1.69 bits per heavy atom. The number of ketones is 1. The third-order valence-corrected chi connectivity index (χ3v) is 7.70. The summed E-state index contributed by atoms with van der Waals surface area (Å²) in [6, 6.07) is 12.7. The topological polar surface area (TPSA) is 64.1 Å². The van der Waals surface area contributed by atoms with Gasteiger partial charge in [-0.15, -0.1) is 11.3 Å². The van der Waals surface area contributed by atoms with E-state index in [-0.39, 0.29) is 11.5 Å². The van der Waals surface area contributed by atoms with E-state index >= 15 is 0 Å². The SMILES string of the molecule is CC(C)(C)S(=O)(=O)Cc1ccc(C(=O)Cc2ccc3ncsc3c2)cc1. The number of Topliss-reactive ketones (excluding diaryl/α,β-unsaturated/α-hetero) is 1. The fourth-order valence-corrected chi connectivity index (χ4v) is 4.32. The van der Waals surface area contributed by atoms with Crippen molar-refractivity contribution in [1.82, 2.24) is 4.98 Å². The molecule has 1 aromatic heterocycles. The van der Waals surface area contributed by atoms with E-state index in [1.807, 2.05) is 18.2 Å². The summed E-state index contributed by atoms with van der Waals surface area (Å²) in [7, 11) is -3.24. The highest BCUT2D eigenvalue weighted by molar-refractivity contribution is 7.91. The predicted octanol–water partition coefficient (Wildman–Crippen LogP) is 4.44. The highest BCUT2D eigenvalue weighted by Gasteiger charge is 2.28. The Morgan fingerprint density at radius 1 is 1.04 bits per heavy atom. The van der Waals surface area contributed by atoms with E-state index in [1.54, 1.807) is 61.9 Å². The van der Waals surface area contributed by atoms with Crippen molar-refractivity contribution < 1.29 is 13.2 Å². The highest BCUT2D eigenvalue weighted by Crippen LogP contribution is 2.22. The summed E-state index contributed by atoms with van der Waals surface area (Å²) >= 11 is 1.55. The first-order valence-electron chi connectivity index (χ1n) is 8.32. The van der Waals surface area contributed by atoms with Gasteiger partial charge in [0.2, 0.25) is 0 Å². The molecule has 0 atom stereocenters. The van der Waals surface area contributed by atoms with Crippen molar-refractivity contribution in [2.24, 2.45) is 0 Å². The zero-order valence-corrected chi connectivity index (χ0v) is 16.7. The lowest BCUT2D eigenvalue weighted by atomic mass is 10.0. The number of rotatable bonds is 5. The molecule has 0 aliphatic carbocycles. The molecule has 6 heteroatoms. The van der Waals surface area contributed by atoms with Gasteiger partial charge in [0.05, 0.1) is 26.2 Å². The van der Waals surface area contributed by atoms with Gasteiger partial charge in [-0.25, -0.2) is 13.4 Å². The van der Waals surface area contributed by atoms with Crippen molar-refractivity contribution in [3.63, 3.8) is 0 Å². The number of aromatic nitrogens is 1. The molecule has 3 aromatic rings. The molecule has 136 valence electrons. The summed E-state index contributed by atoms with van der Waals surface area (Å²) in [5, 5.41) is 0. The number of hydrogen-bond donors (Lipinski definition) is 0. The van der Waals surface area contributed by atoms with Crippen LogP contribution in [-0.2, 0) is 22.0 Å². The lowest BCUT2D eigenvalue weighted by molar-refractivity contribution is 0.0993. The first-order valence-corrected chi connectivity index (χ1v) is 10.9. The molecule has 0 spiro atoms. The fraction of sp³-hybridized carbons (Fsp3) is 0.300. The molecule has 0 bridgehead atoms. The van der Waals surface area contributed by atoms with Crippen molar-refractivity contribution in [3.05, 3.63) is 64.7 Å². The minimum absolute atomic E-state index is 0.0130. The molecule has 0 fully saturated rings. The quantitative estimate of drug-likeness (QED) is 0.607. The second kappa shape index (κ2) is 6.93. The van der Waals surface area contributed by atoms with E-state index < -0.39 is 14.6 Å². The molecule has 0 unspecified atom stereocenters. The lowest BCUT2D eigenvalue weighted by Crippen LogP contribution is -2.29. The van der Waals surface area contributed by atoms with Gasteiger partial charge >= 0.3 is 0 Å². The number of nitrogens with zero attached hydrogens (tertiary/aromatic N) is 1. The van der Waals surface area contributed by atoms with Crippen LogP contribution in [0.2, 0.25) is 0 Å². The van der Waals surface area contributed by atoms with Crippen LogP contribution in [-0.4, -0.2) is 23.9 Å². The van der Waals surface area contributed by atoms with E-state index in [4.69, 9.17) is 0 Å². The number of carbonyl (C=O) groups excluding carboxylic acids is 1. The molecular weight excluding hydrogens is 366 g/mol. The van der Waals surface area contributed by atoms with Crippen molar-refractivity contribution in [1.29, 1.82) is 0 Å². The second-order valence-electron chi connectivity index (χ2n) is 7.32. The Balaban J connectivity index is 1.72. The Bertz CT molecular complexity index is 1040. The van der Waals surface area contributed by atoms with Crippen LogP contribution in [0.25, 0.3) is 10.2 Å². The van der Waals surface area contributed by atoms with Crippen LogP contribution in [0.1, 0.15) is 42.3 Å². The smallest absolute Gasteiger partial charge is 0.167 e. The van der Waals surface area contributed by atoms with E-state index in [0.29, 0.717) is 17.5 Å². The molecule has 0 N–H and O–H groups in total. The third kappa shape index (κ3) is 4.02. The van der Waals surface area contributed by atoms with Gasteiger partial charge in [0.1, 0.15) is 0 Å². The maximum atomic E-state index is 12.5. The summed E-state index contributed by atoms with van der Waals surface area (Å²) in [4.78, 5) is 16.8. The molecular formula is C20H21NO3S2. The van der Waals surface area contributed by atoms with Crippen LogP contribution in [0.4, 0.5) is 0 Å². The van der Waals surface area contributed by atoms with Crippen molar-refractivity contribution >= 4 is 37.2 Å². The maximum Gasteiger partial charge on any atom is 0.167 e. The number of carbonyl (C=O) groups is 1. The largest absolute Gasteiger partial charge is 0.294 e. The maximum absolute atomic E-state index is 12.5. The molecule has 3 rings (SSSR count). The number of benzene rings is 2. The minimum atomic E-state index is -3.24. The third-order valence-electron chi connectivity index (χ3n) is 4.33. The van der Waals surface area contributed by atoms with Crippen LogP contribution in [0.3, 0.4) is 0 Å². The van der Waals surface area contributed by atoms with Crippen LogP contribution in [0.15, 0.2) is 48.0 Å². The molecule has 4 nitrogen and oxygen atoms in total. The van der Waals surface area contributed by atoms with Crippen molar-refractivity contribution in [2.45, 2.75) is 37.7 Å². The average Bonchev–Trinajstić information content (AvgIpc) is 3.01. The Hall–Kier alpha value is -2.05. The number of hydrogen-bond acceptors (Lipinski definition) is 5. The van der Waals surface area contributed by atoms with Crippen LogP contribution in [0, 0.1) is 0 Å². The first-order chi connectivity index (χ1) is 12.2. The summed E-state index contributed by atoms with van der Waals surface area (Å²) in [5.74, 6) is -0.00777. The minimum Gasteiger partial charge on any atom is -0.294 e. The normalized spacial score (nSPS) is 12.4. The number of thiazole rings is 1. The van der Waals surface area contributed by atoms with E-state index in [9.17, 15) is 13.2 Å². The molecule has 0 saturated carbocycles. The molecule has 0 saturated heterocycles. The average molecular weight is 388 g/mol. The summed E-state index contributed by atoms with van der Waals surface area (Å²) in [5.41, 5.74) is 4.97. The summed E-state index contributed by atoms with van der Waals surface area (Å²) in [6.45, 7) is 5.08. The molecule has 26 heavy (non-hydrogen) atoms. The number of sulfone groups is 1. The fourth-order valence-electron chi connectivity index (χ4n) is 2.52. The van der Waals surface area contributed by atoms with Gasteiger partial charge in [-0.3, -0.25) is 4.79 Å². The summed E-state index contributed by atoms with van der Waals surface area (Å²) < 4.78 is 24.9. The molecule has 0 amide bonds. The van der Waals surface area contributed by atoms with Gasteiger partial charge in [-0.05, 0) is 44.0 Å². The Kier molecular flexibility index (Phi) is 4.99. The van der Waals surface area contributed by atoms with E-state index in [0.717, 1.165) is 15.8 Å². The standard InChI is InChI=1S/C20H21NO3S2/c1-20(2,3)26(23,24)12-14-4-7-16(8-5-14)18(22)10-15-6-9-17-19(11-15)25-13-21-17/h4-9,11,13H,10,12H2,1-3H3. The van der Waals surface area contributed by atoms with Crippen LogP contribution < -0.4 is 0 Å². The van der Waals surface area contributed by atoms with Gasteiger partial charge in [-0.2, -0.15) is 0 Å². The molecule has 0 aliphatic rings. The lowest BCUT2D eigenvalue weighted by Gasteiger charge is -2.19. The predicted molar refractivity (Wildman–Crippen MR) is 106 cm³/mol. The first kappa shape index (κ1) is 18.7. The van der Waals surface area contributed by atoms with Gasteiger partial charge < -0.3 is 0 Å². The van der Waals surface area contributed by atoms with E-state index in [2.05, 4.69) is 4.98 Å².